The number of alkyl halides is 3. The number of aromatic nitrogens is 2. The van der Waals surface area contributed by atoms with Gasteiger partial charge in [0.25, 0.3) is 0 Å². The molecule has 2 rings (SSSR count). The first kappa shape index (κ1) is 13.1. The highest BCUT2D eigenvalue weighted by molar-refractivity contribution is 5.80. The SMILES string of the molecule is Cn1nccc1-c1cc(C=O)ccc1OC(F)(F)F. The average molecular weight is 270 g/mol. The van der Waals surface area contributed by atoms with Crippen LogP contribution in [0.25, 0.3) is 11.3 Å². The molecule has 0 aliphatic carbocycles. The van der Waals surface area contributed by atoms with E-state index in [2.05, 4.69) is 9.84 Å². The van der Waals surface area contributed by atoms with Gasteiger partial charge in [0.2, 0.25) is 0 Å². The largest absolute Gasteiger partial charge is 0.573 e. The summed E-state index contributed by atoms with van der Waals surface area (Å²) in [5, 5.41) is 3.88. The summed E-state index contributed by atoms with van der Waals surface area (Å²) in [6, 6.07) is 5.23. The van der Waals surface area contributed by atoms with Crippen LogP contribution in [0.3, 0.4) is 0 Å². The molecule has 0 aliphatic rings. The van der Waals surface area contributed by atoms with Gasteiger partial charge in [-0.1, -0.05) is 0 Å². The highest BCUT2D eigenvalue weighted by atomic mass is 19.4. The number of carbonyl (C=O) groups excluding carboxylic acids is 1. The number of nitrogens with zero attached hydrogens (tertiary/aromatic N) is 2. The molecule has 0 N–H and O–H groups in total. The van der Waals surface area contributed by atoms with Crippen molar-refractivity contribution in [3.8, 4) is 17.0 Å². The van der Waals surface area contributed by atoms with E-state index in [1.54, 1.807) is 7.05 Å². The third-order valence-corrected chi connectivity index (χ3v) is 2.46. The number of rotatable bonds is 3. The van der Waals surface area contributed by atoms with Crippen molar-refractivity contribution in [3.63, 3.8) is 0 Å². The Balaban J connectivity index is 2.55. The number of aldehydes is 1. The van der Waals surface area contributed by atoms with Gasteiger partial charge < -0.3 is 4.74 Å². The first-order valence-electron chi connectivity index (χ1n) is 5.24. The fourth-order valence-electron chi connectivity index (χ4n) is 1.67. The Morgan fingerprint density at radius 1 is 1.32 bits per heavy atom. The Hall–Kier alpha value is -2.31. The number of hydrogen-bond donors (Lipinski definition) is 0. The molecule has 0 bridgehead atoms. The van der Waals surface area contributed by atoms with Crippen molar-refractivity contribution in [1.29, 1.82) is 0 Å². The maximum atomic E-state index is 12.3. The van der Waals surface area contributed by atoms with Crippen molar-refractivity contribution in [2.24, 2.45) is 7.05 Å². The van der Waals surface area contributed by atoms with Gasteiger partial charge in [-0.3, -0.25) is 9.48 Å². The van der Waals surface area contributed by atoms with E-state index in [1.165, 1.54) is 29.1 Å². The highest BCUT2D eigenvalue weighted by Crippen LogP contribution is 2.34. The zero-order valence-corrected chi connectivity index (χ0v) is 9.81. The minimum atomic E-state index is -4.80. The van der Waals surface area contributed by atoms with Crippen molar-refractivity contribution in [1.82, 2.24) is 9.78 Å². The molecule has 7 heteroatoms. The molecular weight excluding hydrogens is 261 g/mol. The Labute approximate surface area is 106 Å². The lowest BCUT2D eigenvalue weighted by Crippen LogP contribution is -2.18. The van der Waals surface area contributed by atoms with Crippen molar-refractivity contribution < 1.29 is 22.7 Å². The number of benzene rings is 1. The summed E-state index contributed by atoms with van der Waals surface area (Å²) in [7, 11) is 1.58. The second-order valence-corrected chi connectivity index (χ2v) is 3.76. The van der Waals surface area contributed by atoms with Gasteiger partial charge in [-0.05, 0) is 24.3 Å². The fraction of sp³-hybridized carbons (Fsp3) is 0.167. The van der Waals surface area contributed by atoms with Crippen LogP contribution in [0, 0.1) is 0 Å². The van der Waals surface area contributed by atoms with Gasteiger partial charge in [0.05, 0.1) is 5.69 Å². The number of hydrogen-bond acceptors (Lipinski definition) is 3. The van der Waals surface area contributed by atoms with Crippen LogP contribution in [0.5, 0.6) is 5.75 Å². The lowest BCUT2D eigenvalue weighted by atomic mass is 10.1. The second kappa shape index (κ2) is 4.75. The number of ether oxygens (including phenoxy) is 1. The summed E-state index contributed by atoms with van der Waals surface area (Å²) in [4.78, 5) is 10.7. The lowest BCUT2D eigenvalue weighted by Gasteiger charge is -2.13. The molecule has 0 atom stereocenters. The van der Waals surface area contributed by atoms with Gasteiger partial charge in [0.15, 0.2) is 0 Å². The summed E-state index contributed by atoms with van der Waals surface area (Å²) < 4.78 is 42.3. The molecular formula is C12H9F3N2O2. The average Bonchev–Trinajstić information content (AvgIpc) is 2.74. The van der Waals surface area contributed by atoms with Gasteiger partial charge in [-0.2, -0.15) is 5.10 Å². The molecule has 0 saturated heterocycles. The van der Waals surface area contributed by atoms with E-state index in [-0.39, 0.29) is 16.9 Å². The molecule has 0 saturated carbocycles. The molecule has 0 spiro atoms. The molecule has 1 aromatic heterocycles. The van der Waals surface area contributed by atoms with E-state index in [1.807, 2.05) is 0 Å². The maximum absolute atomic E-state index is 12.3. The molecule has 0 aliphatic heterocycles. The van der Waals surface area contributed by atoms with E-state index in [0.717, 1.165) is 6.07 Å². The number of carbonyl (C=O) groups is 1. The summed E-state index contributed by atoms with van der Waals surface area (Å²) in [6.45, 7) is 0. The van der Waals surface area contributed by atoms with Crippen LogP contribution in [-0.2, 0) is 7.05 Å². The van der Waals surface area contributed by atoms with Gasteiger partial charge >= 0.3 is 6.36 Å². The zero-order valence-electron chi connectivity index (χ0n) is 9.81. The molecule has 100 valence electrons. The van der Waals surface area contributed by atoms with Gasteiger partial charge in [-0.15, -0.1) is 13.2 Å². The standard InChI is InChI=1S/C12H9F3N2O2/c1-17-10(4-5-16-17)9-6-8(7-18)2-3-11(9)19-12(13,14)15/h2-7H,1H3. The van der Waals surface area contributed by atoms with Crippen LogP contribution in [-0.4, -0.2) is 22.4 Å². The predicted molar refractivity (Wildman–Crippen MR) is 60.7 cm³/mol. The minimum absolute atomic E-state index is 0.155. The molecule has 1 heterocycles. The molecule has 1 aromatic carbocycles. The van der Waals surface area contributed by atoms with Crippen LogP contribution in [0.15, 0.2) is 30.5 Å². The first-order valence-corrected chi connectivity index (χ1v) is 5.24. The molecule has 19 heavy (non-hydrogen) atoms. The van der Waals surface area contributed by atoms with E-state index in [0.29, 0.717) is 12.0 Å². The summed E-state index contributed by atoms with van der Waals surface area (Å²) in [5.41, 5.74) is 0.829. The monoisotopic (exact) mass is 270 g/mol. The number of aryl methyl sites for hydroxylation is 1. The van der Waals surface area contributed by atoms with E-state index < -0.39 is 6.36 Å². The van der Waals surface area contributed by atoms with E-state index >= 15 is 0 Å². The Kier molecular flexibility index (Phi) is 3.28. The lowest BCUT2D eigenvalue weighted by molar-refractivity contribution is -0.274. The minimum Gasteiger partial charge on any atom is -0.405 e. The molecule has 0 radical (unpaired) electrons. The van der Waals surface area contributed by atoms with Crippen molar-refractivity contribution in [3.05, 3.63) is 36.0 Å². The molecule has 0 amide bonds. The molecule has 0 fully saturated rings. The zero-order chi connectivity index (χ0) is 14.0. The quantitative estimate of drug-likeness (QED) is 0.805. The topological polar surface area (TPSA) is 44.1 Å². The highest BCUT2D eigenvalue weighted by Gasteiger charge is 2.32. The van der Waals surface area contributed by atoms with Crippen molar-refractivity contribution >= 4 is 6.29 Å². The maximum Gasteiger partial charge on any atom is 0.573 e. The van der Waals surface area contributed by atoms with Crippen LogP contribution in [0.2, 0.25) is 0 Å². The van der Waals surface area contributed by atoms with E-state index in [4.69, 9.17) is 0 Å². The fourth-order valence-corrected chi connectivity index (χ4v) is 1.67. The van der Waals surface area contributed by atoms with Crippen LogP contribution >= 0.6 is 0 Å². The molecule has 0 unspecified atom stereocenters. The Morgan fingerprint density at radius 2 is 2.05 bits per heavy atom. The predicted octanol–water partition coefficient (Wildman–Crippen LogP) is 2.80. The van der Waals surface area contributed by atoms with Gasteiger partial charge in [-0.25, -0.2) is 0 Å². The van der Waals surface area contributed by atoms with Crippen LogP contribution < -0.4 is 4.74 Å². The Bertz CT molecular complexity index is 605. The normalized spacial score (nSPS) is 11.4. The van der Waals surface area contributed by atoms with Gasteiger partial charge in [0, 0.05) is 24.4 Å². The van der Waals surface area contributed by atoms with Crippen LogP contribution in [0.4, 0.5) is 13.2 Å². The van der Waals surface area contributed by atoms with Crippen molar-refractivity contribution in [2.75, 3.05) is 0 Å². The summed E-state index contributed by atoms with van der Waals surface area (Å²) in [5.74, 6) is -0.373. The number of halogens is 3. The molecule has 2 aromatic rings. The summed E-state index contributed by atoms with van der Waals surface area (Å²) >= 11 is 0. The second-order valence-electron chi connectivity index (χ2n) is 3.76. The smallest absolute Gasteiger partial charge is 0.405 e. The first-order chi connectivity index (χ1) is 8.90. The molecule has 4 nitrogen and oxygen atoms in total. The van der Waals surface area contributed by atoms with E-state index in [9.17, 15) is 18.0 Å². The third-order valence-electron chi connectivity index (χ3n) is 2.46. The van der Waals surface area contributed by atoms with Crippen molar-refractivity contribution in [2.45, 2.75) is 6.36 Å². The van der Waals surface area contributed by atoms with Crippen LogP contribution in [0.1, 0.15) is 10.4 Å². The Morgan fingerprint density at radius 3 is 2.58 bits per heavy atom. The summed E-state index contributed by atoms with van der Waals surface area (Å²) in [6.07, 6.45) is -2.80. The van der Waals surface area contributed by atoms with Gasteiger partial charge in [0.1, 0.15) is 12.0 Å². The third kappa shape index (κ3) is 2.93.